The fourth-order valence-corrected chi connectivity index (χ4v) is 3.99. The molecule has 2 aliphatic carbocycles. The van der Waals surface area contributed by atoms with Gasteiger partial charge >= 0.3 is 0 Å². The maximum atomic E-state index is 4.08. The van der Waals surface area contributed by atoms with Gasteiger partial charge in [0.25, 0.3) is 0 Å². The van der Waals surface area contributed by atoms with E-state index in [0.29, 0.717) is 5.92 Å². The molecule has 0 aromatic heterocycles. The summed E-state index contributed by atoms with van der Waals surface area (Å²) in [6.45, 7) is 28.5. The van der Waals surface area contributed by atoms with Crippen LogP contribution in [0, 0.1) is 5.92 Å². The largest absolute Gasteiger partial charge is 0.342 e. The van der Waals surface area contributed by atoms with Gasteiger partial charge in [-0.3, -0.25) is 0 Å². The van der Waals surface area contributed by atoms with Crippen LogP contribution in [0.15, 0.2) is 133 Å². The minimum atomic E-state index is 0.605. The first-order valence-corrected chi connectivity index (χ1v) is 15.9. The van der Waals surface area contributed by atoms with Gasteiger partial charge in [-0.2, -0.15) is 0 Å². The van der Waals surface area contributed by atoms with Crippen molar-refractivity contribution in [2.45, 2.75) is 94.4 Å². The monoisotopic (exact) mass is 558 g/mol. The summed E-state index contributed by atoms with van der Waals surface area (Å²) >= 11 is 0. The highest BCUT2D eigenvalue weighted by molar-refractivity contribution is 5.34. The highest BCUT2D eigenvalue weighted by Gasteiger charge is 2.15. The van der Waals surface area contributed by atoms with Gasteiger partial charge in [0.15, 0.2) is 0 Å². The molecule has 0 saturated heterocycles. The average molecular weight is 559 g/mol. The number of hydrogen-bond donors (Lipinski definition) is 0. The van der Waals surface area contributed by atoms with Crippen molar-refractivity contribution in [3.63, 3.8) is 0 Å². The van der Waals surface area contributed by atoms with Gasteiger partial charge in [0.05, 0.1) is 0 Å². The highest BCUT2D eigenvalue weighted by Crippen LogP contribution is 2.24. The van der Waals surface area contributed by atoms with E-state index in [0.717, 1.165) is 44.5 Å². The molecule has 228 valence electrons. The Morgan fingerprint density at radius 3 is 2.05 bits per heavy atom. The lowest BCUT2D eigenvalue weighted by atomic mass is 10.0. The smallest absolute Gasteiger partial charge is 0.0407 e. The summed E-state index contributed by atoms with van der Waals surface area (Å²) in [5.74, 6) is 0.605. The molecule has 0 saturated carbocycles. The Hall–Kier alpha value is -3.26. The predicted molar refractivity (Wildman–Crippen MR) is 189 cm³/mol. The number of allylic oxidation sites excluding steroid dienone is 16. The van der Waals surface area contributed by atoms with E-state index < -0.39 is 0 Å². The lowest BCUT2D eigenvalue weighted by molar-refractivity contribution is 0.388. The normalized spacial score (nSPS) is 16.3. The molecule has 0 amide bonds. The Bertz CT molecular complexity index is 960. The van der Waals surface area contributed by atoms with Gasteiger partial charge in [0.1, 0.15) is 0 Å². The highest BCUT2D eigenvalue weighted by atomic mass is 15.2. The van der Waals surface area contributed by atoms with Gasteiger partial charge in [-0.15, -0.1) is 0 Å². The third-order valence-corrected chi connectivity index (χ3v) is 5.89. The molecule has 0 spiro atoms. The molecule has 2 rings (SSSR count). The molecule has 1 atom stereocenters. The van der Waals surface area contributed by atoms with Crippen LogP contribution >= 0.6 is 0 Å². The van der Waals surface area contributed by atoms with E-state index in [9.17, 15) is 0 Å². The summed E-state index contributed by atoms with van der Waals surface area (Å²) in [5, 5.41) is 0. The molecule has 0 heterocycles. The molecule has 2 heteroatoms. The molecule has 2 aliphatic rings. The fraction of sp³-hybridized carbons (Fsp3) is 0.436. The van der Waals surface area contributed by atoms with Crippen molar-refractivity contribution in [3.05, 3.63) is 133 Å². The van der Waals surface area contributed by atoms with Gasteiger partial charge in [0, 0.05) is 35.9 Å². The Morgan fingerprint density at radius 1 is 0.902 bits per heavy atom. The summed E-state index contributed by atoms with van der Waals surface area (Å²) < 4.78 is 0. The van der Waals surface area contributed by atoms with Crippen molar-refractivity contribution in [1.82, 2.24) is 9.80 Å². The summed E-state index contributed by atoms with van der Waals surface area (Å²) in [6, 6.07) is 0. The fourth-order valence-electron chi connectivity index (χ4n) is 3.99. The molecular formula is C39H62N2. The minimum absolute atomic E-state index is 0.605. The molecule has 0 bridgehead atoms. The number of nitrogens with zero attached hydrogens (tertiary/aromatic N) is 2. The van der Waals surface area contributed by atoms with Gasteiger partial charge in [-0.1, -0.05) is 129 Å². The molecule has 0 fully saturated rings. The zero-order valence-electron chi connectivity index (χ0n) is 28.1. The molecule has 41 heavy (non-hydrogen) atoms. The summed E-state index contributed by atoms with van der Waals surface area (Å²) in [5.41, 5.74) is 4.82. The number of hydrogen-bond acceptors (Lipinski definition) is 2. The zero-order valence-corrected chi connectivity index (χ0v) is 28.1. The molecule has 0 aromatic rings. The van der Waals surface area contributed by atoms with Crippen LogP contribution in [0.2, 0.25) is 0 Å². The molecular weight excluding hydrogens is 496 g/mol. The minimum Gasteiger partial charge on any atom is -0.342 e. The maximum Gasteiger partial charge on any atom is 0.0407 e. The average Bonchev–Trinajstić information content (AvgIpc) is 3.30. The van der Waals surface area contributed by atoms with E-state index in [1.54, 1.807) is 0 Å². The van der Waals surface area contributed by atoms with E-state index >= 15 is 0 Å². The molecule has 0 aromatic carbocycles. The Balaban J connectivity index is 0. The van der Waals surface area contributed by atoms with Gasteiger partial charge < -0.3 is 9.80 Å². The van der Waals surface area contributed by atoms with Crippen molar-refractivity contribution < 1.29 is 0 Å². The molecule has 2 nitrogen and oxygen atoms in total. The Kier molecular flexibility index (Phi) is 27.5. The molecule has 0 aliphatic heterocycles. The van der Waals surface area contributed by atoms with Crippen molar-refractivity contribution in [2.75, 3.05) is 13.1 Å². The van der Waals surface area contributed by atoms with Crippen LogP contribution in [0.25, 0.3) is 0 Å². The summed E-state index contributed by atoms with van der Waals surface area (Å²) in [6.07, 6.45) is 39.8. The van der Waals surface area contributed by atoms with Gasteiger partial charge in [-0.05, 0) is 81.9 Å². The Morgan fingerprint density at radius 2 is 1.54 bits per heavy atom. The third-order valence-electron chi connectivity index (χ3n) is 5.89. The maximum absolute atomic E-state index is 4.08. The van der Waals surface area contributed by atoms with Crippen LogP contribution in [0.4, 0.5) is 0 Å². The van der Waals surface area contributed by atoms with Crippen molar-refractivity contribution in [3.8, 4) is 0 Å². The van der Waals surface area contributed by atoms with E-state index in [2.05, 4.69) is 130 Å². The third kappa shape index (κ3) is 17.2. The second-order valence-corrected chi connectivity index (χ2v) is 9.21. The van der Waals surface area contributed by atoms with Crippen LogP contribution in [-0.4, -0.2) is 22.9 Å². The van der Waals surface area contributed by atoms with Gasteiger partial charge in [-0.25, -0.2) is 0 Å². The quantitative estimate of drug-likeness (QED) is 0.164. The standard InChI is InChI=1S/C32H42N2.C3H8.2C2H6/c1-6-10-18-29(8-3)33(31-20-14-12-13-15-21-31)26-16-17-27-34(30(9-4)19-11-7-2)32-24-22-28(5)23-25-32;1-3-2;2*1-2/h6-12,14-15,18-22,24-25,28H,2-3,13,16-17,23,26-27H2,1,4-5H3;3H2,1-2H3;2*1-2H3/b10-6-,19-11-,29-18+,30-9+;;;. The van der Waals surface area contributed by atoms with Crippen LogP contribution < -0.4 is 0 Å². The first kappa shape index (κ1) is 39.9. The van der Waals surface area contributed by atoms with E-state index in [4.69, 9.17) is 0 Å². The van der Waals surface area contributed by atoms with Crippen LogP contribution in [0.5, 0.6) is 0 Å². The van der Waals surface area contributed by atoms with E-state index in [1.807, 2.05) is 52.8 Å². The number of unbranched alkanes of at least 4 members (excludes halogenated alkanes) is 1. The van der Waals surface area contributed by atoms with Crippen molar-refractivity contribution in [1.29, 1.82) is 0 Å². The lowest BCUT2D eigenvalue weighted by Crippen LogP contribution is -2.26. The first-order chi connectivity index (χ1) is 20.1. The van der Waals surface area contributed by atoms with E-state index in [-0.39, 0.29) is 0 Å². The van der Waals surface area contributed by atoms with Crippen LogP contribution in [0.1, 0.15) is 94.4 Å². The van der Waals surface area contributed by atoms with Gasteiger partial charge in [0.2, 0.25) is 0 Å². The van der Waals surface area contributed by atoms with Crippen molar-refractivity contribution >= 4 is 0 Å². The molecule has 0 N–H and O–H groups in total. The summed E-state index contributed by atoms with van der Waals surface area (Å²) in [7, 11) is 0. The second-order valence-electron chi connectivity index (χ2n) is 9.21. The summed E-state index contributed by atoms with van der Waals surface area (Å²) in [4.78, 5) is 4.81. The predicted octanol–water partition coefficient (Wildman–Crippen LogP) is 12.0. The SMILES string of the molecule is C=C/C=C\C(=C/C)N(CCCCN(C1=CC=CCC=C1)/C(C=C)=C/C=C\C)C1=CCC(C)C=C1.CC.CC.CCC. The topological polar surface area (TPSA) is 6.48 Å². The lowest BCUT2D eigenvalue weighted by Gasteiger charge is -2.30. The van der Waals surface area contributed by atoms with Crippen molar-refractivity contribution in [2.24, 2.45) is 5.92 Å². The Labute approximate surface area is 256 Å². The van der Waals surface area contributed by atoms with E-state index in [1.165, 1.54) is 23.5 Å². The zero-order chi connectivity index (χ0) is 31.3. The first-order valence-electron chi connectivity index (χ1n) is 15.9. The van der Waals surface area contributed by atoms with Crippen LogP contribution in [-0.2, 0) is 0 Å². The number of rotatable bonds is 13. The van der Waals surface area contributed by atoms with Crippen LogP contribution in [0.3, 0.4) is 0 Å². The second kappa shape index (κ2) is 28.3. The molecule has 0 radical (unpaired) electrons. The molecule has 1 unspecified atom stereocenters.